The van der Waals surface area contributed by atoms with Crippen molar-refractivity contribution in [2.24, 2.45) is 11.8 Å². The van der Waals surface area contributed by atoms with Gasteiger partial charge < -0.3 is 15.0 Å². The normalized spacial score (nSPS) is 21.1. The number of ether oxygens (including phenoxy) is 1. The van der Waals surface area contributed by atoms with E-state index in [0.29, 0.717) is 18.2 Å². The molecule has 1 aliphatic carbocycles. The molecule has 25 heavy (non-hydrogen) atoms. The molecule has 1 aromatic carbocycles. The van der Waals surface area contributed by atoms with Gasteiger partial charge in [-0.1, -0.05) is 12.1 Å². The summed E-state index contributed by atoms with van der Waals surface area (Å²) in [4.78, 5) is 37.4. The lowest BCUT2D eigenvalue weighted by molar-refractivity contribution is -0.153. The van der Waals surface area contributed by atoms with Crippen molar-refractivity contribution in [3.63, 3.8) is 0 Å². The second-order valence-corrected chi connectivity index (χ2v) is 7.03. The van der Waals surface area contributed by atoms with Crippen LogP contribution in [-0.2, 0) is 19.1 Å². The van der Waals surface area contributed by atoms with Crippen molar-refractivity contribution in [3.05, 3.63) is 29.8 Å². The maximum atomic E-state index is 12.4. The van der Waals surface area contributed by atoms with Crippen LogP contribution in [0.3, 0.4) is 0 Å². The summed E-state index contributed by atoms with van der Waals surface area (Å²) in [5.74, 6) is -0.193. The molecule has 6 nitrogen and oxygen atoms in total. The van der Waals surface area contributed by atoms with Gasteiger partial charge >= 0.3 is 5.97 Å². The third-order valence-electron chi connectivity index (χ3n) is 4.69. The van der Waals surface area contributed by atoms with E-state index in [2.05, 4.69) is 5.32 Å². The Morgan fingerprint density at radius 1 is 1.36 bits per heavy atom. The molecule has 1 heterocycles. The first kappa shape index (κ1) is 17.5. The fraction of sp³-hybridized carbons (Fsp3) is 0.526. The molecule has 2 fully saturated rings. The zero-order valence-corrected chi connectivity index (χ0v) is 14.7. The quantitative estimate of drug-likeness (QED) is 0.805. The molecule has 0 radical (unpaired) electrons. The first-order chi connectivity index (χ1) is 11.9. The van der Waals surface area contributed by atoms with Crippen molar-refractivity contribution in [2.45, 2.75) is 39.2 Å². The number of hydrogen-bond acceptors (Lipinski definition) is 4. The Labute approximate surface area is 147 Å². The lowest BCUT2D eigenvalue weighted by Gasteiger charge is -2.18. The van der Waals surface area contributed by atoms with Gasteiger partial charge in [-0.25, -0.2) is 0 Å². The molecule has 1 N–H and O–H groups in total. The zero-order chi connectivity index (χ0) is 18.0. The highest BCUT2D eigenvalue weighted by molar-refractivity contribution is 5.89. The summed E-state index contributed by atoms with van der Waals surface area (Å²) in [6.45, 7) is 4.48. The van der Waals surface area contributed by atoms with Crippen molar-refractivity contribution in [2.75, 3.05) is 18.4 Å². The van der Waals surface area contributed by atoms with Crippen LogP contribution in [-0.4, -0.2) is 35.8 Å². The van der Waals surface area contributed by atoms with Gasteiger partial charge in [0.1, 0.15) is 6.10 Å². The monoisotopic (exact) mass is 344 g/mol. The van der Waals surface area contributed by atoms with Crippen molar-refractivity contribution in [1.82, 2.24) is 4.90 Å². The second kappa shape index (κ2) is 7.25. The van der Waals surface area contributed by atoms with Crippen molar-refractivity contribution >= 4 is 23.5 Å². The highest BCUT2D eigenvalue weighted by Crippen LogP contribution is 2.32. The minimum Gasteiger partial charge on any atom is -0.458 e. The van der Waals surface area contributed by atoms with Crippen LogP contribution in [0.15, 0.2) is 24.3 Å². The number of esters is 1. The van der Waals surface area contributed by atoms with E-state index in [4.69, 9.17) is 4.74 Å². The maximum Gasteiger partial charge on any atom is 0.311 e. The molecular weight excluding hydrogens is 320 g/mol. The Kier molecular flexibility index (Phi) is 5.06. The SMILES string of the molecule is CC(=O)Nc1cccc([C@H](C)OC(=O)[C@H]2CC(=O)N(CC3CC3)C2)c1. The van der Waals surface area contributed by atoms with Crippen LogP contribution in [0.5, 0.6) is 0 Å². The summed E-state index contributed by atoms with van der Waals surface area (Å²) in [6.07, 6.45) is 2.17. The van der Waals surface area contributed by atoms with Gasteiger partial charge in [0.15, 0.2) is 0 Å². The molecule has 1 aliphatic heterocycles. The van der Waals surface area contributed by atoms with E-state index in [-0.39, 0.29) is 30.1 Å². The molecule has 0 bridgehead atoms. The Morgan fingerprint density at radius 3 is 2.80 bits per heavy atom. The number of nitrogens with zero attached hydrogens (tertiary/aromatic N) is 1. The van der Waals surface area contributed by atoms with E-state index >= 15 is 0 Å². The third kappa shape index (κ3) is 4.59. The van der Waals surface area contributed by atoms with E-state index in [1.807, 2.05) is 6.07 Å². The second-order valence-electron chi connectivity index (χ2n) is 7.03. The Balaban J connectivity index is 1.57. The van der Waals surface area contributed by atoms with E-state index in [1.165, 1.54) is 19.8 Å². The first-order valence-electron chi connectivity index (χ1n) is 8.78. The van der Waals surface area contributed by atoms with Crippen LogP contribution in [0.2, 0.25) is 0 Å². The average Bonchev–Trinajstić information content (AvgIpc) is 3.29. The summed E-state index contributed by atoms with van der Waals surface area (Å²) in [5, 5.41) is 2.71. The van der Waals surface area contributed by atoms with Crippen LogP contribution in [0, 0.1) is 11.8 Å². The number of anilines is 1. The average molecular weight is 344 g/mol. The number of amides is 2. The van der Waals surface area contributed by atoms with Gasteiger partial charge in [0.25, 0.3) is 0 Å². The summed E-state index contributed by atoms with van der Waals surface area (Å²) in [5.41, 5.74) is 1.47. The molecule has 1 aromatic rings. The van der Waals surface area contributed by atoms with Crippen LogP contribution in [0.4, 0.5) is 5.69 Å². The summed E-state index contributed by atoms with van der Waals surface area (Å²) in [7, 11) is 0. The van der Waals surface area contributed by atoms with Gasteiger partial charge in [-0.15, -0.1) is 0 Å². The topological polar surface area (TPSA) is 75.7 Å². The predicted octanol–water partition coefficient (Wildman–Crippen LogP) is 2.51. The maximum absolute atomic E-state index is 12.4. The highest BCUT2D eigenvalue weighted by Gasteiger charge is 2.38. The molecule has 2 atom stereocenters. The fourth-order valence-electron chi connectivity index (χ4n) is 3.13. The molecule has 1 saturated heterocycles. The van der Waals surface area contributed by atoms with Gasteiger partial charge in [0, 0.05) is 32.1 Å². The number of carbonyl (C=O) groups is 3. The number of benzene rings is 1. The van der Waals surface area contributed by atoms with Gasteiger partial charge in [-0.05, 0) is 43.4 Å². The Hall–Kier alpha value is -2.37. The molecule has 2 amide bonds. The van der Waals surface area contributed by atoms with Crippen LogP contribution >= 0.6 is 0 Å². The minimum absolute atomic E-state index is 0.0501. The zero-order valence-electron chi connectivity index (χ0n) is 14.7. The van der Waals surface area contributed by atoms with Crippen molar-refractivity contribution in [3.8, 4) is 0 Å². The van der Waals surface area contributed by atoms with E-state index in [0.717, 1.165) is 12.1 Å². The van der Waals surface area contributed by atoms with Gasteiger partial charge in [-0.2, -0.15) is 0 Å². The lowest BCUT2D eigenvalue weighted by atomic mass is 10.1. The highest BCUT2D eigenvalue weighted by atomic mass is 16.5. The number of carbonyl (C=O) groups excluding carboxylic acids is 3. The van der Waals surface area contributed by atoms with Crippen LogP contribution in [0.25, 0.3) is 0 Å². The molecule has 0 unspecified atom stereocenters. The lowest BCUT2D eigenvalue weighted by Crippen LogP contribution is -2.29. The Bertz CT molecular complexity index is 684. The summed E-state index contributed by atoms with van der Waals surface area (Å²) in [6, 6.07) is 7.23. The molecule has 0 spiro atoms. The molecule has 2 aliphatic rings. The molecular formula is C19H24N2O4. The molecule has 6 heteroatoms. The third-order valence-corrected chi connectivity index (χ3v) is 4.69. The van der Waals surface area contributed by atoms with Gasteiger partial charge in [-0.3, -0.25) is 14.4 Å². The van der Waals surface area contributed by atoms with E-state index < -0.39 is 6.10 Å². The van der Waals surface area contributed by atoms with Gasteiger partial charge in [0.2, 0.25) is 11.8 Å². The smallest absolute Gasteiger partial charge is 0.311 e. The molecule has 3 rings (SSSR count). The largest absolute Gasteiger partial charge is 0.458 e. The number of nitrogens with one attached hydrogen (secondary N) is 1. The Morgan fingerprint density at radius 2 is 2.12 bits per heavy atom. The van der Waals surface area contributed by atoms with E-state index in [9.17, 15) is 14.4 Å². The summed E-state index contributed by atoms with van der Waals surface area (Å²) < 4.78 is 5.57. The van der Waals surface area contributed by atoms with Crippen LogP contribution < -0.4 is 5.32 Å². The van der Waals surface area contributed by atoms with Crippen molar-refractivity contribution in [1.29, 1.82) is 0 Å². The number of likely N-dealkylation sites (tertiary alicyclic amines) is 1. The first-order valence-corrected chi connectivity index (χ1v) is 8.78. The number of hydrogen-bond donors (Lipinski definition) is 1. The summed E-state index contributed by atoms with van der Waals surface area (Å²) >= 11 is 0. The van der Waals surface area contributed by atoms with E-state index in [1.54, 1.807) is 30.0 Å². The molecule has 1 saturated carbocycles. The number of rotatable bonds is 6. The minimum atomic E-state index is -0.436. The van der Waals surface area contributed by atoms with Crippen LogP contribution in [0.1, 0.15) is 44.8 Å². The van der Waals surface area contributed by atoms with Gasteiger partial charge in [0.05, 0.1) is 5.92 Å². The fourth-order valence-corrected chi connectivity index (χ4v) is 3.13. The molecule has 134 valence electrons. The predicted molar refractivity (Wildman–Crippen MR) is 92.7 cm³/mol. The standard InChI is InChI=1S/C19H24N2O4/c1-12(15-4-3-5-17(8-15)20-13(2)22)25-19(24)16-9-18(23)21(11-16)10-14-6-7-14/h3-5,8,12,14,16H,6-7,9-11H2,1-2H3,(H,20,22)/t12-,16-/m0/s1. The van der Waals surface area contributed by atoms with Crippen molar-refractivity contribution < 1.29 is 19.1 Å². The molecule has 0 aromatic heterocycles.